The molecule has 0 heterocycles. The molecule has 0 saturated carbocycles. The number of quaternary nitrogens is 1. The van der Waals surface area contributed by atoms with E-state index in [1.807, 2.05) is 21.1 Å². The van der Waals surface area contributed by atoms with Gasteiger partial charge in [-0.3, -0.25) is 14.2 Å². The van der Waals surface area contributed by atoms with Crippen LogP contribution in [0.3, 0.4) is 0 Å². The maximum Gasteiger partial charge on any atom is 0.306 e. The number of esters is 2. The Morgan fingerprint density at radius 2 is 0.770 bits per heavy atom. The lowest BCUT2D eigenvalue weighted by Crippen LogP contribution is -2.37. The van der Waals surface area contributed by atoms with Gasteiger partial charge in [-0.25, -0.2) is 0 Å². The van der Waals surface area contributed by atoms with Crippen molar-refractivity contribution in [3.8, 4) is 0 Å². The molecule has 0 aromatic heterocycles. The first-order valence-corrected chi connectivity index (χ1v) is 31.4. The van der Waals surface area contributed by atoms with Crippen molar-refractivity contribution in [2.45, 2.75) is 251 Å². The number of nitrogens with zero attached hydrogens (tertiary/aromatic N) is 1. The SMILES string of the molecule is CC/C=C\C/C=C\C/C=C\C/C=C\C/C=C\C/C=C\CCCCCCCCCCCCCCCCC(=O)OC(COC(=O)CCCCCCCCC/C=C\C/C=C\CCCCC)COP(=O)([O-])OCC[N+](C)(C)C. The minimum absolute atomic E-state index is 0.0356. The topological polar surface area (TPSA) is 111 Å². The van der Waals surface area contributed by atoms with Gasteiger partial charge < -0.3 is 27.9 Å². The van der Waals surface area contributed by atoms with E-state index >= 15 is 0 Å². The van der Waals surface area contributed by atoms with Gasteiger partial charge in [0.1, 0.15) is 19.8 Å². The number of likely N-dealkylation sites (N-methyl/N-ethyl adjacent to an activating group) is 1. The Balaban J connectivity index is 4.11. The van der Waals surface area contributed by atoms with Gasteiger partial charge in [-0.1, -0.05) is 233 Å². The molecule has 0 saturated heterocycles. The molecule has 0 rings (SSSR count). The number of rotatable bonds is 54. The van der Waals surface area contributed by atoms with E-state index in [-0.39, 0.29) is 26.1 Å². The summed E-state index contributed by atoms with van der Waals surface area (Å²) < 4.78 is 34.2. The van der Waals surface area contributed by atoms with Crippen molar-refractivity contribution in [3.05, 3.63) is 97.2 Å². The van der Waals surface area contributed by atoms with Gasteiger partial charge in [0.2, 0.25) is 0 Å². The average Bonchev–Trinajstić information content (AvgIpc) is 3.36. The highest BCUT2D eigenvalue weighted by Crippen LogP contribution is 2.38. The summed E-state index contributed by atoms with van der Waals surface area (Å²) in [5.74, 6) is -0.843. The largest absolute Gasteiger partial charge is 0.756 e. The first-order chi connectivity index (χ1) is 36.0. The Morgan fingerprint density at radius 3 is 1.15 bits per heavy atom. The second kappa shape index (κ2) is 54.7. The number of allylic oxidation sites excluding steroid dienone is 16. The average molecular weight is 1050 g/mol. The minimum Gasteiger partial charge on any atom is -0.756 e. The second-order valence-corrected chi connectivity index (χ2v) is 22.4. The molecule has 74 heavy (non-hydrogen) atoms. The van der Waals surface area contributed by atoms with E-state index in [4.69, 9.17) is 18.5 Å². The highest BCUT2D eigenvalue weighted by molar-refractivity contribution is 7.45. The van der Waals surface area contributed by atoms with Crippen LogP contribution in [-0.4, -0.2) is 70.0 Å². The number of hydrogen-bond acceptors (Lipinski definition) is 8. The highest BCUT2D eigenvalue weighted by Gasteiger charge is 2.22. The molecule has 0 aromatic rings. The molecule has 0 radical (unpaired) electrons. The molecule has 0 bridgehead atoms. The molecule has 0 aliphatic heterocycles. The smallest absolute Gasteiger partial charge is 0.306 e. The summed E-state index contributed by atoms with van der Waals surface area (Å²) in [6.45, 7) is 4.09. The summed E-state index contributed by atoms with van der Waals surface area (Å²) in [6, 6.07) is 0. The van der Waals surface area contributed by atoms with E-state index in [0.717, 1.165) is 96.3 Å². The van der Waals surface area contributed by atoms with Gasteiger partial charge in [0.15, 0.2) is 6.10 Å². The predicted octanol–water partition coefficient (Wildman–Crippen LogP) is 18.2. The molecule has 0 aliphatic carbocycles. The van der Waals surface area contributed by atoms with Crippen LogP contribution >= 0.6 is 7.82 Å². The Morgan fingerprint density at radius 1 is 0.432 bits per heavy atom. The third-order valence-corrected chi connectivity index (χ3v) is 13.6. The Bertz CT molecular complexity index is 1570. The zero-order valence-electron chi connectivity index (χ0n) is 48.3. The summed E-state index contributed by atoms with van der Waals surface area (Å²) in [7, 11) is 1.16. The third-order valence-electron chi connectivity index (χ3n) is 12.6. The van der Waals surface area contributed by atoms with Crippen molar-refractivity contribution in [1.82, 2.24) is 0 Å². The van der Waals surface area contributed by atoms with Crippen LogP contribution in [0.1, 0.15) is 245 Å². The molecular formula is C64H112NO8P. The molecule has 426 valence electrons. The van der Waals surface area contributed by atoms with Gasteiger partial charge in [-0.05, 0) is 96.3 Å². The van der Waals surface area contributed by atoms with Crippen LogP contribution in [0.2, 0.25) is 0 Å². The number of ether oxygens (including phenoxy) is 2. The molecule has 0 spiro atoms. The molecule has 10 heteroatoms. The molecule has 0 aromatic carbocycles. The van der Waals surface area contributed by atoms with Gasteiger partial charge >= 0.3 is 11.9 Å². The van der Waals surface area contributed by atoms with Crippen LogP contribution in [0.15, 0.2) is 97.2 Å². The fraction of sp³-hybridized carbons (Fsp3) is 0.719. The van der Waals surface area contributed by atoms with E-state index in [0.29, 0.717) is 17.4 Å². The minimum atomic E-state index is -4.64. The summed E-state index contributed by atoms with van der Waals surface area (Å²) >= 11 is 0. The lowest BCUT2D eigenvalue weighted by molar-refractivity contribution is -0.870. The molecule has 9 nitrogen and oxygen atoms in total. The quantitative estimate of drug-likeness (QED) is 0.0195. The van der Waals surface area contributed by atoms with Crippen molar-refractivity contribution < 1.29 is 42.1 Å². The van der Waals surface area contributed by atoms with Gasteiger partial charge in [0.25, 0.3) is 7.82 Å². The van der Waals surface area contributed by atoms with E-state index in [1.54, 1.807) is 0 Å². The third kappa shape index (κ3) is 58.2. The van der Waals surface area contributed by atoms with Crippen LogP contribution in [0, 0.1) is 0 Å². The van der Waals surface area contributed by atoms with Gasteiger partial charge in [-0.15, -0.1) is 0 Å². The number of carbonyl (C=O) groups is 2. The van der Waals surface area contributed by atoms with E-state index in [1.165, 1.54) is 116 Å². The van der Waals surface area contributed by atoms with Crippen molar-refractivity contribution in [1.29, 1.82) is 0 Å². The Labute approximate surface area is 455 Å². The molecule has 0 N–H and O–H groups in total. The van der Waals surface area contributed by atoms with Crippen molar-refractivity contribution >= 4 is 19.8 Å². The van der Waals surface area contributed by atoms with Gasteiger partial charge in [0.05, 0.1) is 27.7 Å². The first-order valence-electron chi connectivity index (χ1n) is 29.9. The van der Waals surface area contributed by atoms with Crippen LogP contribution < -0.4 is 4.89 Å². The molecule has 0 aliphatic rings. The fourth-order valence-corrected chi connectivity index (χ4v) is 8.71. The summed E-state index contributed by atoms with van der Waals surface area (Å²) in [4.78, 5) is 37.9. The summed E-state index contributed by atoms with van der Waals surface area (Å²) in [6.07, 6.45) is 74.5. The fourth-order valence-electron chi connectivity index (χ4n) is 7.98. The second-order valence-electron chi connectivity index (χ2n) is 21.0. The maximum absolute atomic E-state index is 12.8. The molecule has 0 fully saturated rings. The number of unbranched alkanes of at least 4 members (excludes halogenated alkanes) is 24. The highest BCUT2D eigenvalue weighted by atomic mass is 31.2. The molecule has 2 atom stereocenters. The predicted molar refractivity (Wildman–Crippen MR) is 314 cm³/mol. The molecule has 0 amide bonds. The van der Waals surface area contributed by atoms with Crippen LogP contribution in [0.4, 0.5) is 0 Å². The number of carbonyl (C=O) groups excluding carboxylic acids is 2. The zero-order chi connectivity index (χ0) is 54.2. The summed E-state index contributed by atoms with van der Waals surface area (Å²) in [5.41, 5.74) is 0. The Kier molecular flexibility index (Phi) is 52.4. The van der Waals surface area contributed by atoms with Crippen molar-refractivity contribution in [3.63, 3.8) is 0 Å². The van der Waals surface area contributed by atoms with Crippen LogP contribution in [0.5, 0.6) is 0 Å². The lowest BCUT2D eigenvalue weighted by atomic mass is 10.0. The summed E-state index contributed by atoms with van der Waals surface area (Å²) in [5, 5.41) is 0. The van der Waals surface area contributed by atoms with Crippen LogP contribution in [-0.2, 0) is 32.7 Å². The zero-order valence-corrected chi connectivity index (χ0v) is 49.2. The number of phosphoric ester groups is 1. The van der Waals surface area contributed by atoms with Crippen molar-refractivity contribution in [2.75, 3.05) is 47.5 Å². The van der Waals surface area contributed by atoms with Crippen LogP contribution in [0.25, 0.3) is 0 Å². The maximum atomic E-state index is 12.8. The number of phosphoric acid groups is 1. The monoisotopic (exact) mass is 1050 g/mol. The first kappa shape index (κ1) is 70.9. The van der Waals surface area contributed by atoms with E-state index in [2.05, 4.69) is 111 Å². The molecular weight excluding hydrogens is 942 g/mol. The standard InChI is InChI=1S/C64H112NO8P/c1-6-8-10-12-14-16-18-20-22-24-25-26-27-28-29-30-31-32-33-34-35-36-37-38-39-41-43-45-47-49-51-53-55-57-64(67)73-62(61-72-74(68,69)71-59-58-65(3,4)5)60-70-63(66)56-54-52-50-48-46-44-42-40-23-21-19-17-15-13-11-9-7-2/h8,10,14-17,20-23,25-26,28-29,31-32,62H,6-7,9,11-13,18-19,24,27,30,33-61H2,1-5H3/b10-8-,16-14-,17-15-,22-20-,23-21-,26-25-,29-28-,32-31-. The van der Waals surface area contributed by atoms with Gasteiger partial charge in [0, 0.05) is 12.8 Å². The van der Waals surface area contributed by atoms with E-state index in [9.17, 15) is 19.0 Å². The van der Waals surface area contributed by atoms with Gasteiger partial charge in [-0.2, -0.15) is 0 Å². The molecule has 2 unspecified atom stereocenters. The number of hydrogen-bond donors (Lipinski definition) is 0. The Hall–Kier alpha value is -3.07. The lowest BCUT2D eigenvalue weighted by Gasteiger charge is -2.28. The normalized spacial score (nSPS) is 14.0. The van der Waals surface area contributed by atoms with Crippen molar-refractivity contribution in [2.24, 2.45) is 0 Å². The van der Waals surface area contributed by atoms with E-state index < -0.39 is 32.5 Å².